The second-order valence-electron chi connectivity index (χ2n) is 5.26. The van der Waals surface area contributed by atoms with Crippen LogP contribution in [0.1, 0.15) is 31.4 Å². The van der Waals surface area contributed by atoms with E-state index in [2.05, 4.69) is 28.2 Å². The number of likely N-dealkylation sites (N-methyl/N-ethyl adjacent to an activating group) is 1. The number of nitrogens with two attached hydrogens (primary N) is 1. The number of methoxy groups -OCH3 is 1. The van der Waals surface area contributed by atoms with Crippen LogP contribution in [0.5, 0.6) is 5.75 Å². The van der Waals surface area contributed by atoms with Crippen LogP contribution in [-0.4, -0.2) is 45.2 Å². The molecular formula is C16H29IN4O. The van der Waals surface area contributed by atoms with Gasteiger partial charge in [0.25, 0.3) is 0 Å². The smallest absolute Gasteiger partial charge is 0.188 e. The highest BCUT2D eigenvalue weighted by Gasteiger charge is 2.14. The van der Waals surface area contributed by atoms with Crippen LogP contribution in [-0.2, 0) is 0 Å². The fourth-order valence-electron chi connectivity index (χ4n) is 2.05. The molecule has 0 fully saturated rings. The highest BCUT2D eigenvalue weighted by Crippen LogP contribution is 2.22. The molecule has 1 aromatic rings. The molecule has 0 radical (unpaired) electrons. The fraction of sp³-hybridized carbons (Fsp3) is 0.562. The van der Waals surface area contributed by atoms with Gasteiger partial charge in [0.2, 0.25) is 0 Å². The predicted molar refractivity (Wildman–Crippen MR) is 104 cm³/mol. The average Bonchev–Trinajstić information content (AvgIpc) is 2.47. The number of hydrogen-bond donors (Lipinski definition) is 2. The zero-order chi connectivity index (χ0) is 15.7. The number of benzene rings is 1. The van der Waals surface area contributed by atoms with Crippen molar-refractivity contribution in [1.29, 1.82) is 0 Å². The summed E-state index contributed by atoms with van der Waals surface area (Å²) in [7, 11) is 5.76. The van der Waals surface area contributed by atoms with E-state index in [1.165, 1.54) is 5.56 Å². The lowest BCUT2D eigenvalue weighted by Gasteiger charge is -2.23. The lowest BCUT2D eigenvalue weighted by atomic mass is 10.1. The SMILES string of the molecule is CCCCNC(N)=NCC(c1cccc(OC)c1)N(C)C.I. The topological polar surface area (TPSA) is 62.9 Å². The number of hydrogen-bond acceptors (Lipinski definition) is 3. The first-order valence-corrected chi connectivity index (χ1v) is 7.42. The number of halogens is 1. The van der Waals surface area contributed by atoms with Crippen LogP contribution < -0.4 is 15.8 Å². The highest BCUT2D eigenvalue weighted by atomic mass is 127. The van der Waals surface area contributed by atoms with Gasteiger partial charge in [-0.1, -0.05) is 25.5 Å². The third-order valence-corrected chi connectivity index (χ3v) is 3.37. The minimum atomic E-state index is 0. The van der Waals surface area contributed by atoms with Crippen LogP contribution >= 0.6 is 24.0 Å². The number of nitrogens with zero attached hydrogens (tertiary/aromatic N) is 2. The summed E-state index contributed by atoms with van der Waals surface area (Å²) < 4.78 is 5.28. The van der Waals surface area contributed by atoms with Gasteiger partial charge in [-0.3, -0.25) is 4.99 Å². The molecule has 5 nitrogen and oxygen atoms in total. The van der Waals surface area contributed by atoms with Crippen LogP contribution in [0.15, 0.2) is 29.3 Å². The maximum atomic E-state index is 5.89. The van der Waals surface area contributed by atoms with Crippen molar-refractivity contribution in [2.45, 2.75) is 25.8 Å². The van der Waals surface area contributed by atoms with Crippen LogP contribution in [0.2, 0.25) is 0 Å². The second-order valence-corrected chi connectivity index (χ2v) is 5.26. The Hall–Kier alpha value is -1.02. The molecule has 0 aliphatic carbocycles. The third-order valence-electron chi connectivity index (χ3n) is 3.37. The van der Waals surface area contributed by atoms with Crippen molar-refractivity contribution < 1.29 is 4.74 Å². The van der Waals surface area contributed by atoms with E-state index in [0.29, 0.717) is 12.5 Å². The van der Waals surface area contributed by atoms with Crippen molar-refractivity contribution in [1.82, 2.24) is 10.2 Å². The van der Waals surface area contributed by atoms with E-state index in [0.717, 1.165) is 25.1 Å². The number of nitrogens with one attached hydrogen (secondary N) is 1. The molecular weight excluding hydrogens is 391 g/mol. The first kappa shape index (κ1) is 21.0. The minimum absolute atomic E-state index is 0. The largest absolute Gasteiger partial charge is 0.497 e. The van der Waals surface area contributed by atoms with Crippen LogP contribution in [0.4, 0.5) is 0 Å². The Morgan fingerprint density at radius 1 is 1.41 bits per heavy atom. The second kappa shape index (κ2) is 11.5. The van der Waals surface area contributed by atoms with Crippen LogP contribution in [0.3, 0.4) is 0 Å². The van der Waals surface area contributed by atoms with E-state index in [4.69, 9.17) is 10.5 Å². The molecule has 1 aromatic carbocycles. The average molecular weight is 420 g/mol. The summed E-state index contributed by atoms with van der Waals surface area (Å²) in [5.41, 5.74) is 7.06. The van der Waals surface area contributed by atoms with Gasteiger partial charge in [0.15, 0.2) is 5.96 Å². The van der Waals surface area contributed by atoms with Crippen LogP contribution in [0, 0.1) is 0 Å². The van der Waals surface area contributed by atoms with Crippen molar-refractivity contribution in [3.05, 3.63) is 29.8 Å². The quantitative estimate of drug-likeness (QED) is 0.294. The number of ether oxygens (including phenoxy) is 1. The van der Waals surface area contributed by atoms with Gasteiger partial charge in [-0.25, -0.2) is 0 Å². The Labute approximate surface area is 151 Å². The molecule has 1 rings (SSSR count). The predicted octanol–water partition coefficient (Wildman–Crippen LogP) is 2.62. The summed E-state index contributed by atoms with van der Waals surface area (Å²) in [6.07, 6.45) is 2.24. The molecule has 0 aliphatic heterocycles. The Bertz CT molecular complexity index is 452. The molecule has 3 N–H and O–H groups in total. The van der Waals surface area contributed by atoms with Gasteiger partial charge in [-0.2, -0.15) is 0 Å². The van der Waals surface area contributed by atoms with Crippen molar-refractivity contribution in [3.63, 3.8) is 0 Å². The molecule has 0 bridgehead atoms. The Balaban J connectivity index is 0.00000441. The molecule has 1 atom stereocenters. The van der Waals surface area contributed by atoms with Crippen LogP contribution in [0.25, 0.3) is 0 Å². The molecule has 0 amide bonds. The monoisotopic (exact) mass is 420 g/mol. The number of guanidine groups is 1. The first-order chi connectivity index (χ1) is 10.1. The lowest BCUT2D eigenvalue weighted by Crippen LogP contribution is -2.33. The maximum absolute atomic E-state index is 5.89. The van der Waals surface area contributed by atoms with Gasteiger partial charge < -0.3 is 20.7 Å². The summed E-state index contributed by atoms with van der Waals surface area (Å²) in [5.74, 6) is 1.37. The third kappa shape index (κ3) is 7.31. The Morgan fingerprint density at radius 3 is 2.73 bits per heavy atom. The van der Waals surface area contributed by atoms with Crippen molar-refractivity contribution in [2.24, 2.45) is 10.7 Å². The zero-order valence-electron chi connectivity index (χ0n) is 14.0. The van der Waals surface area contributed by atoms with E-state index < -0.39 is 0 Å². The summed E-state index contributed by atoms with van der Waals surface area (Å²) in [6.45, 7) is 3.64. The van der Waals surface area contributed by atoms with Gasteiger partial charge in [-0.05, 0) is 38.2 Å². The van der Waals surface area contributed by atoms with Gasteiger partial charge >= 0.3 is 0 Å². The number of rotatable bonds is 8. The standard InChI is InChI=1S/C16H28N4O.HI/c1-5-6-10-18-16(17)19-12-15(20(2)3)13-8-7-9-14(11-13)21-4;/h7-9,11,15H,5-6,10,12H2,1-4H3,(H3,17,18,19);1H. The number of unbranched alkanes of at least 4 members (excludes halogenated alkanes) is 1. The summed E-state index contributed by atoms with van der Waals surface area (Å²) in [4.78, 5) is 6.59. The summed E-state index contributed by atoms with van der Waals surface area (Å²) in [6, 6.07) is 8.24. The summed E-state index contributed by atoms with van der Waals surface area (Å²) in [5, 5.41) is 3.14. The van der Waals surface area contributed by atoms with Gasteiger partial charge in [-0.15, -0.1) is 24.0 Å². The molecule has 0 heterocycles. The van der Waals surface area contributed by atoms with Crippen molar-refractivity contribution in [2.75, 3.05) is 34.3 Å². The molecule has 0 saturated heterocycles. The maximum Gasteiger partial charge on any atom is 0.188 e. The molecule has 6 heteroatoms. The van der Waals surface area contributed by atoms with Gasteiger partial charge in [0, 0.05) is 6.54 Å². The Morgan fingerprint density at radius 2 is 2.14 bits per heavy atom. The first-order valence-electron chi connectivity index (χ1n) is 7.42. The normalized spacial score (nSPS) is 12.7. The van der Waals surface area contributed by atoms with E-state index in [1.807, 2.05) is 32.3 Å². The molecule has 0 aliphatic rings. The zero-order valence-corrected chi connectivity index (χ0v) is 16.3. The van der Waals surface area contributed by atoms with E-state index >= 15 is 0 Å². The van der Waals surface area contributed by atoms with Gasteiger partial charge in [0.05, 0.1) is 19.7 Å². The van der Waals surface area contributed by atoms with Crippen molar-refractivity contribution >= 4 is 29.9 Å². The fourth-order valence-corrected chi connectivity index (χ4v) is 2.05. The van der Waals surface area contributed by atoms with Gasteiger partial charge in [0.1, 0.15) is 5.75 Å². The van der Waals surface area contributed by atoms with Crippen molar-refractivity contribution in [3.8, 4) is 5.75 Å². The molecule has 1 unspecified atom stereocenters. The molecule has 0 aromatic heterocycles. The molecule has 0 saturated carbocycles. The lowest BCUT2D eigenvalue weighted by molar-refractivity contribution is 0.305. The molecule has 22 heavy (non-hydrogen) atoms. The highest BCUT2D eigenvalue weighted by molar-refractivity contribution is 14.0. The van der Waals surface area contributed by atoms with E-state index in [9.17, 15) is 0 Å². The molecule has 126 valence electrons. The minimum Gasteiger partial charge on any atom is -0.497 e. The number of aliphatic imine (C=N–C) groups is 1. The summed E-state index contributed by atoms with van der Waals surface area (Å²) >= 11 is 0. The van der Waals surface area contributed by atoms with E-state index in [-0.39, 0.29) is 30.0 Å². The Kier molecular flexibility index (Phi) is 11.0. The van der Waals surface area contributed by atoms with E-state index in [1.54, 1.807) is 7.11 Å². The molecule has 0 spiro atoms.